The van der Waals surface area contributed by atoms with Gasteiger partial charge in [0.2, 0.25) is 11.0 Å². The molecule has 1 aromatic heterocycles. The van der Waals surface area contributed by atoms with Crippen molar-refractivity contribution < 1.29 is 13.9 Å². The number of carbonyl (C=O) groups excluding carboxylic acids is 1. The van der Waals surface area contributed by atoms with Gasteiger partial charge in [0.25, 0.3) is 5.22 Å². The summed E-state index contributed by atoms with van der Waals surface area (Å²) in [5, 5.41) is 8.65. The fourth-order valence-electron chi connectivity index (χ4n) is 2.00. The van der Waals surface area contributed by atoms with Crippen LogP contribution in [-0.2, 0) is 11.2 Å². The van der Waals surface area contributed by atoms with Crippen LogP contribution in [0.5, 0.6) is 5.75 Å². The topological polar surface area (TPSA) is 65.2 Å². The highest BCUT2D eigenvalue weighted by atomic mass is 35.5. The zero-order valence-electron chi connectivity index (χ0n) is 12.7. The smallest absolute Gasteiger partial charge is 0.284 e. The fraction of sp³-hybridized carbons (Fsp3) is 0.118. The molecule has 0 radical (unpaired) electrons. The predicted molar refractivity (Wildman–Crippen MR) is 92.3 cm³/mol. The van der Waals surface area contributed by atoms with Crippen molar-refractivity contribution in [1.29, 1.82) is 0 Å². The number of rotatable bonds is 5. The second kappa shape index (κ2) is 7.51. The van der Waals surface area contributed by atoms with Crippen LogP contribution in [0.1, 0.15) is 5.56 Å². The van der Waals surface area contributed by atoms with Crippen molar-refractivity contribution in [3.05, 3.63) is 59.1 Å². The molecule has 7 heteroatoms. The molecule has 122 valence electrons. The fourth-order valence-corrected chi connectivity index (χ4v) is 2.77. The van der Waals surface area contributed by atoms with E-state index in [1.807, 2.05) is 24.3 Å². The first kappa shape index (κ1) is 16.5. The van der Waals surface area contributed by atoms with Gasteiger partial charge in [0.15, 0.2) is 0 Å². The van der Waals surface area contributed by atoms with E-state index in [0.717, 1.165) is 28.6 Å². The summed E-state index contributed by atoms with van der Waals surface area (Å²) in [6, 6.07) is 14.4. The van der Waals surface area contributed by atoms with Gasteiger partial charge in [-0.05, 0) is 42.0 Å². The van der Waals surface area contributed by atoms with Crippen LogP contribution in [0.25, 0.3) is 11.5 Å². The monoisotopic (exact) mass is 360 g/mol. The average Bonchev–Trinajstić information content (AvgIpc) is 3.05. The molecule has 0 bridgehead atoms. The Labute approximate surface area is 148 Å². The van der Waals surface area contributed by atoms with Crippen molar-refractivity contribution in [1.82, 2.24) is 10.2 Å². The first-order valence-corrected chi connectivity index (χ1v) is 8.26. The molecule has 0 aliphatic rings. The second-order valence-corrected chi connectivity index (χ2v) is 6.32. The number of halogens is 1. The Morgan fingerprint density at radius 2 is 1.83 bits per heavy atom. The lowest BCUT2D eigenvalue weighted by atomic mass is 10.2. The van der Waals surface area contributed by atoms with Gasteiger partial charge >= 0.3 is 0 Å². The molecular formula is C17H13ClN2O3S. The Morgan fingerprint density at radius 3 is 2.50 bits per heavy atom. The van der Waals surface area contributed by atoms with Crippen LogP contribution in [0, 0.1) is 0 Å². The first-order chi connectivity index (χ1) is 11.6. The molecule has 0 unspecified atom stereocenters. The van der Waals surface area contributed by atoms with Crippen molar-refractivity contribution in [2.75, 3.05) is 7.11 Å². The molecule has 0 aliphatic carbocycles. The minimum atomic E-state index is -0.0812. The summed E-state index contributed by atoms with van der Waals surface area (Å²) in [5.74, 6) is 1.10. The second-order valence-electron chi connectivity index (χ2n) is 4.88. The number of aromatic nitrogens is 2. The van der Waals surface area contributed by atoms with Crippen molar-refractivity contribution in [2.24, 2.45) is 0 Å². The predicted octanol–water partition coefficient (Wildman–Crippen LogP) is 4.26. The maximum absolute atomic E-state index is 12.1. The highest BCUT2D eigenvalue weighted by Crippen LogP contribution is 2.26. The molecule has 0 aliphatic heterocycles. The van der Waals surface area contributed by atoms with E-state index in [4.69, 9.17) is 20.8 Å². The summed E-state index contributed by atoms with van der Waals surface area (Å²) in [6.07, 6.45) is 0.266. The number of benzene rings is 2. The highest BCUT2D eigenvalue weighted by Gasteiger charge is 2.14. The third kappa shape index (κ3) is 4.15. The molecule has 0 N–H and O–H groups in total. The minimum Gasteiger partial charge on any atom is -0.497 e. The number of hydrogen-bond donors (Lipinski definition) is 0. The Kier molecular flexibility index (Phi) is 5.17. The Morgan fingerprint density at radius 1 is 1.12 bits per heavy atom. The molecule has 0 saturated carbocycles. The van der Waals surface area contributed by atoms with E-state index in [9.17, 15) is 4.79 Å². The highest BCUT2D eigenvalue weighted by molar-refractivity contribution is 8.13. The van der Waals surface area contributed by atoms with Gasteiger partial charge in [0, 0.05) is 28.8 Å². The van der Waals surface area contributed by atoms with Gasteiger partial charge in [-0.15, -0.1) is 10.2 Å². The van der Waals surface area contributed by atoms with Crippen LogP contribution in [0.3, 0.4) is 0 Å². The summed E-state index contributed by atoms with van der Waals surface area (Å²) in [6.45, 7) is 0. The quantitative estimate of drug-likeness (QED) is 0.633. The number of methoxy groups -OCH3 is 1. The lowest BCUT2D eigenvalue weighted by Gasteiger charge is -1.99. The Balaban J connectivity index is 1.64. The lowest BCUT2D eigenvalue weighted by Crippen LogP contribution is -1.97. The van der Waals surface area contributed by atoms with E-state index >= 15 is 0 Å². The number of carbonyl (C=O) groups is 1. The molecule has 3 rings (SSSR count). The van der Waals surface area contributed by atoms with E-state index in [0.29, 0.717) is 10.9 Å². The normalized spacial score (nSPS) is 10.6. The molecule has 0 amide bonds. The summed E-state index contributed by atoms with van der Waals surface area (Å²) in [5.41, 5.74) is 1.65. The third-order valence-electron chi connectivity index (χ3n) is 3.21. The largest absolute Gasteiger partial charge is 0.497 e. The number of ether oxygens (including phenoxy) is 1. The van der Waals surface area contributed by atoms with Crippen molar-refractivity contribution in [3.63, 3.8) is 0 Å². The van der Waals surface area contributed by atoms with Crippen LogP contribution >= 0.6 is 23.4 Å². The van der Waals surface area contributed by atoms with Gasteiger partial charge < -0.3 is 9.15 Å². The van der Waals surface area contributed by atoms with Crippen molar-refractivity contribution in [2.45, 2.75) is 11.6 Å². The average molecular weight is 361 g/mol. The standard InChI is InChI=1S/C17H13ClN2O3S/c1-22-14-8-4-12(5-9-14)16-19-20-17(23-16)24-15(21)10-11-2-6-13(18)7-3-11/h2-9H,10H2,1H3. The maximum atomic E-state index is 12.1. The van der Waals surface area contributed by atoms with E-state index in [1.165, 1.54) is 0 Å². The van der Waals surface area contributed by atoms with Crippen molar-refractivity contribution >= 4 is 28.5 Å². The molecule has 1 heterocycles. The van der Waals surface area contributed by atoms with Gasteiger partial charge in [0.05, 0.1) is 7.11 Å². The van der Waals surface area contributed by atoms with Gasteiger partial charge in [0.1, 0.15) is 5.75 Å². The van der Waals surface area contributed by atoms with Gasteiger partial charge in [-0.1, -0.05) is 23.7 Å². The Bertz CT molecular complexity index is 832. The van der Waals surface area contributed by atoms with E-state index in [2.05, 4.69) is 10.2 Å². The molecule has 3 aromatic rings. The summed E-state index contributed by atoms with van der Waals surface area (Å²) in [4.78, 5) is 12.1. The molecule has 0 atom stereocenters. The molecule has 5 nitrogen and oxygen atoms in total. The molecule has 0 spiro atoms. The van der Waals surface area contributed by atoms with Gasteiger partial charge in [-0.25, -0.2) is 0 Å². The van der Waals surface area contributed by atoms with Crippen LogP contribution in [0.2, 0.25) is 5.02 Å². The number of thioether (sulfide) groups is 1. The van der Waals surface area contributed by atoms with Crippen LogP contribution < -0.4 is 4.74 Å². The maximum Gasteiger partial charge on any atom is 0.284 e. The van der Waals surface area contributed by atoms with Crippen LogP contribution in [0.15, 0.2) is 58.2 Å². The van der Waals surface area contributed by atoms with E-state index in [-0.39, 0.29) is 16.8 Å². The van der Waals surface area contributed by atoms with Gasteiger partial charge in [-0.3, -0.25) is 4.79 Å². The summed E-state index contributed by atoms with van der Waals surface area (Å²) >= 11 is 6.76. The van der Waals surface area contributed by atoms with E-state index in [1.54, 1.807) is 31.4 Å². The van der Waals surface area contributed by atoms with E-state index < -0.39 is 0 Å². The van der Waals surface area contributed by atoms with Crippen LogP contribution in [-0.4, -0.2) is 22.4 Å². The summed E-state index contributed by atoms with van der Waals surface area (Å²) in [7, 11) is 1.60. The molecule has 0 saturated heterocycles. The Hall–Kier alpha value is -2.31. The SMILES string of the molecule is COc1ccc(-c2nnc(SC(=O)Cc3ccc(Cl)cc3)o2)cc1. The minimum absolute atomic E-state index is 0.0812. The van der Waals surface area contributed by atoms with Crippen molar-refractivity contribution in [3.8, 4) is 17.2 Å². The summed E-state index contributed by atoms with van der Waals surface area (Å²) < 4.78 is 10.6. The van der Waals surface area contributed by atoms with Gasteiger partial charge in [-0.2, -0.15) is 0 Å². The molecule has 0 fully saturated rings. The van der Waals surface area contributed by atoms with Crippen LogP contribution in [0.4, 0.5) is 0 Å². The lowest BCUT2D eigenvalue weighted by molar-refractivity contribution is -0.110. The molecule has 2 aromatic carbocycles. The molecule has 24 heavy (non-hydrogen) atoms. The third-order valence-corrected chi connectivity index (χ3v) is 4.17. The zero-order chi connectivity index (χ0) is 16.9. The first-order valence-electron chi connectivity index (χ1n) is 7.07. The zero-order valence-corrected chi connectivity index (χ0v) is 14.3. The molecular weight excluding hydrogens is 348 g/mol. The number of hydrogen-bond acceptors (Lipinski definition) is 6. The number of nitrogens with zero attached hydrogens (tertiary/aromatic N) is 2.